The fourth-order valence-corrected chi connectivity index (χ4v) is 1.08. The molecule has 1 rings (SSSR count). The van der Waals surface area contributed by atoms with E-state index in [4.69, 9.17) is 11.6 Å². The zero-order chi connectivity index (χ0) is 8.27. The summed E-state index contributed by atoms with van der Waals surface area (Å²) in [5.74, 6) is 0. The first-order chi connectivity index (χ1) is 5.18. The van der Waals surface area contributed by atoms with Gasteiger partial charge < -0.3 is 0 Å². The minimum atomic E-state index is -0.389. The molecule has 0 saturated heterocycles. The summed E-state index contributed by atoms with van der Waals surface area (Å²) in [6, 6.07) is 6.90. The minimum absolute atomic E-state index is 0.389. The third-order valence-corrected chi connectivity index (χ3v) is 1.63. The number of hydrogen-bond acceptors (Lipinski definition) is 0. The highest BCUT2D eigenvalue weighted by molar-refractivity contribution is 9.11. The van der Waals surface area contributed by atoms with Crippen LogP contribution in [0, 0.1) is 0 Å². The summed E-state index contributed by atoms with van der Waals surface area (Å²) in [7, 11) is 0. The van der Waals surface area contributed by atoms with E-state index in [1.165, 1.54) is 6.08 Å². The van der Waals surface area contributed by atoms with Crippen LogP contribution < -0.4 is 0 Å². The Balaban J connectivity index is 2.91. The average molecular weight is 235 g/mol. The van der Waals surface area contributed by atoms with E-state index in [1.807, 2.05) is 0 Å². The number of benzene rings is 1. The van der Waals surface area contributed by atoms with Gasteiger partial charge in [-0.25, -0.2) is 0 Å². The molecule has 0 radical (unpaired) electrons. The summed E-state index contributed by atoms with van der Waals surface area (Å²) in [5, 5.41) is 0.650. The number of halogens is 3. The van der Waals surface area contributed by atoms with Crippen LogP contribution in [-0.4, -0.2) is 0 Å². The Bertz CT molecular complexity index is 262. The van der Waals surface area contributed by atoms with Crippen LogP contribution in [0.2, 0.25) is 5.02 Å². The molecule has 1 aromatic rings. The van der Waals surface area contributed by atoms with Crippen molar-refractivity contribution in [3.8, 4) is 0 Å². The molecule has 0 aliphatic heterocycles. The van der Waals surface area contributed by atoms with Gasteiger partial charge in [-0.1, -0.05) is 23.7 Å². The predicted molar refractivity (Wildman–Crippen MR) is 49.5 cm³/mol. The first-order valence-corrected chi connectivity index (χ1v) is 4.14. The summed E-state index contributed by atoms with van der Waals surface area (Å²) in [4.78, 5) is 0. The van der Waals surface area contributed by atoms with Crippen molar-refractivity contribution in [2.45, 2.75) is 0 Å². The molecule has 1 aromatic carbocycles. The highest BCUT2D eigenvalue weighted by atomic mass is 79.9. The maximum Gasteiger partial charge on any atom is 0.166 e. The van der Waals surface area contributed by atoms with Crippen LogP contribution in [0.5, 0.6) is 0 Å². The highest BCUT2D eigenvalue weighted by Gasteiger charge is 1.90. The van der Waals surface area contributed by atoms with Gasteiger partial charge in [-0.3, -0.25) is 0 Å². The Morgan fingerprint density at radius 2 is 1.91 bits per heavy atom. The van der Waals surface area contributed by atoms with Gasteiger partial charge in [0.05, 0.1) is 0 Å². The van der Waals surface area contributed by atoms with Gasteiger partial charge in [-0.05, 0) is 39.7 Å². The van der Waals surface area contributed by atoms with Crippen molar-refractivity contribution in [2.24, 2.45) is 0 Å². The van der Waals surface area contributed by atoms with E-state index in [1.54, 1.807) is 24.3 Å². The van der Waals surface area contributed by atoms with Crippen LogP contribution in [0.15, 0.2) is 29.0 Å². The van der Waals surface area contributed by atoms with Crippen LogP contribution in [-0.2, 0) is 0 Å². The second-order valence-corrected chi connectivity index (χ2v) is 3.18. The molecule has 11 heavy (non-hydrogen) atoms. The molecule has 0 atom stereocenters. The lowest BCUT2D eigenvalue weighted by atomic mass is 10.2. The van der Waals surface area contributed by atoms with Gasteiger partial charge in [-0.15, -0.1) is 0 Å². The zero-order valence-corrected chi connectivity index (χ0v) is 7.86. The van der Waals surface area contributed by atoms with Crippen molar-refractivity contribution in [2.75, 3.05) is 0 Å². The molecular weight excluding hydrogens is 230 g/mol. The lowest BCUT2D eigenvalue weighted by Crippen LogP contribution is -1.69. The summed E-state index contributed by atoms with van der Waals surface area (Å²) in [5.41, 5.74) is 0.781. The van der Waals surface area contributed by atoms with Crippen molar-refractivity contribution < 1.29 is 4.39 Å². The van der Waals surface area contributed by atoms with E-state index in [9.17, 15) is 4.39 Å². The third kappa shape index (κ3) is 3.04. The maximum atomic E-state index is 12.2. The Kier molecular flexibility index (Phi) is 3.09. The molecule has 0 fully saturated rings. The molecule has 0 unspecified atom stereocenters. The zero-order valence-electron chi connectivity index (χ0n) is 5.52. The van der Waals surface area contributed by atoms with Crippen molar-refractivity contribution in [3.63, 3.8) is 0 Å². The standard InChI is InChI=1S/C8H5BrClF/c9-8(11)5-6-1-3-7(10)4-2-6/h1-5H. The Hall–Kier alpha value is -0.340. The van der Waals surface area contributed by atoms with Crippen LogP contribution in [0.3, 0.4) is 0 Å². The number of rotatable bonds is 1. The van der Waals surface area contributed by atoms with E-state index < -0.39 is 0 Å². The van der Waals surface area contributed by atoms with Gasteiger partial charge in [-0.2, -0.15) is 4.39 Å². The molecular formula is C8H5BrClF. The van der Waals surface area contributed by atoms with Crippen LogP contribution >= 0.6 is 27.5 Å². The molecule has 0 spiro atoms. The van der Waals surface area contributed by atoms with Gasteiger partial charge in [0, 0.05) is 5.02 Å². The molecule has 0 N–H and O–H groups in total. The van der Waals surface area contributed by atoms with E-state index in [-0.39, 0.29) is 4.74 Å². The van der Waals surface area contributed by atoms with Gasteiger partial charge in [0.2, 0.25) is 0 Å². The minimum Gasteiger partial charge on any atom is -0.199 e. The van der Waals surface area contributed by atoms with Gasteiger partial charge in [0.25, 0.3) is 0 Å². The Labute approximate surface area is 77.8 Å². The van der Waals surface area contributed by atoms with Crippen LogP contribution in [0.25, 0.3) is 6.08 Å². The monoisotopic (exact) mass is 234 g/mol. The van der Waals surface area contributed by atoms with Crippen LogP contribution in [0.1, 0.15) is 5.56 Å². The van der Waals surface area contributed by atoms with E-state index in [0.717, 1.165) is 5.56 Å². The molecule has 0 bridgehead atoms. The average Bonchev–Trinajstić information content (AvgIpc) is 1.93. The van der Waals surface area contributed by atoms with Crippen molar-refractivity contribution in [3.05, 3.63) is 39.6 Å². The molecule has 0 amide bonds. The van der Waals surface area contributed by atoms with Crippen molar-refractivity contribution >= 4 is 33.6 Å². The van der Waals surface area contributed by atoms with E-state index >= 15 is 0 Å². The molecule has 0 heterocycles. The topological polar surface area (TPSA) is 0 Å². The van der Waals surface area contributed by atoms with E-state index in [0.29, 0.717) is 5.02 Å². The molecule has 0 aliphatic carbocycles. The predicted octanol–water partition coefficient (Wildman–Crippen LogP) is 4.00. The quantitative estimate of drug-likeness (QED) is 0.690. The summed E-state index contributed by atoms with van der Waals surface area (Å²) in [6.45, 7) is 0. The first kappa shape index (κ1) is 8.75. The van der Waals surface area contributed by atoms with E-state index in [2.05, 4.69) is 15.9 Å². The third-order valence-electron chi connectivity index (χ3n) is 1.15. The Morgan fingerprint density at radius 1 is 1.36 bits per heavy atom. The largest absolute Gasteiger partial charge is 0.199 e. The van der Waals surface area contributed by atoms with Gasteiger partial charge >= 0.3 is 0 Å². The summed E-state index contributed by atoms with van der Waals surface area (Å²) in [6.07, 6.45) is 1.37. The second-order valence-electron chi connectivity index (χ2n) is 1.99. The molecule has 0 saturated carbocycles. The normalized spacial score (nSPS) is 11.7. The molecule has 0 aromatic heterocycles. The fourth-order valence-electron chi connectivity index (χ4n) is 0.685. The maximum absolute atomic E-state index is 12.2. The van der Waals surface area contributed by atoms with Crippen molar-refractivity contribution in [1.82, 2.24) is 0 Å². The fraction of sp³-hybridized carbons (Fsp3) is 0. The lowest BCUT2D eigenvalue weighted by molar-refractivity contribution is 0.712. The summed E-state index contributed by atoms with van der Waals surface area (Å²) >= 11 is 8.31. The molecule has 3 heteroatoms. The molecule has 0 aliphatic rings. The smallest absolute Gasteiger partial charge is 0.166 e. The lowest BCUT2D eigenvalue weighted by Gasteiger charge is -1.91. The van der Waals surface area contributed by atoms with Crippen molar-refractivity contribution in [1.29, 1.82) is 0 Å². The van der Waals surface area contributed by atoms with Crippen LogP contribution in [0.4, 0.5) is 4.39 Å². The number of hydrogen-bond donors (Lipinski definition) is 0. The second kappa shape index (κ2) is 3.88. The Morgan fingerprint density at radius 3 is 2.36 bits per heavy atom. The molecule has 0 nitrogen and oxygen atoms in total. The van der Waals surface area contributed by atoms with Gasteiger partial charge in [0.1, 0.15) is 0 Å². The summed E-state index contributed by atoms with van der Waals surface area (Å²) < 4.78 is 11.8. The first-order valence-electron chi connectivity index (χ1n) is 2.97. The van der Waals surface area contributed by atoms with Gasteiger partial charge in [0.15, 0.2) is 4.74 Å². The molecule has 58 valence electrons. The highest BCUT2D eigenvalue weighted by Crippen LogP contribution is 2.15. The SMILES string of the molecule is FC(Br)=Cc1ccc(Cl)cc1.